The van der Waals surface area contributed by atoms with E-state index >= 15 is 0 Å². The molecule has 0 spiro atoms. The molecule has 1 aliphatic carbocycles. The monoisotopic (exact) mass is 456 g/mol. The van der Waals surface area contributed by atoms with E-state index in [2.05, 4.69) is 5.32 Å². The Bertz CT molecular complexity index is 1300. The molecule has 6 heteroatoms. The summed E-state index contributed by atoms with van der Waals surface area (Å²) in [7, 11) is 1.62. The molecular weight excluding hydrogens is 431 g/mol. The van der Waals surface area contributed by atoms with Crippen LogP contribution in [0, 0.1) is 5.82 Å². The summed E-state index contributed by atoms with van der Waals surface area (Å²) in [6.45, 7) is 1.49. The summed E-state index contributed by atoms with van der Waals surface area (Å²) >= 11 is 0. The van der Waals surface area contributed by atoms with Crippen LogP contribution in [0.15, 0.2) is 84.1 Å². The number of ether oxygens (including phenoxy) is 1. The highest BCUT2D eigenvalue weighted by Gasteiger charge is 2.40. The molecule has 0 fully saturated rings. The Morgan fingerprint density at radius 3 is 2.50 bits per heavy atom. The predicted octanol–water partition coefficient (Wildman–Crippen LogP) is 5.75. The number of amides is 1. The van der Waals surface area contributed by atoms with Gasteiger partial charge in [-0.25, -0.2) is 4.39 Å². The predicted molar refractivity (Wildman–Crippen MR) is 129 cm³/mol. The highest BCUT2D eigenvalue weighted by molar-refractivity contribution is 6.06. The van der Waals surface area contributed by atoms with Crippen molar-refractivity contribution in [3.05, 3.63) is 101 Å². The first kappa shape index (κ1) is 21.9. The van der Waals surface area contributed by atoms with Crippen molar-refractivity contribution in [2.24, 2.45) is 0 Å². The molecule has 5 nitrogen and oxygen atoms in total. The molecule has 1 aliphatic heterocycles. The standard InChI is InChI=1S/C28H25FN2O3/c1-17(32)31-25-9-4-3-8-23(25)30-24-15-20(19-6-5-7-22(14-19)34-2)16-26(33)27(24)28(31)18-10-12-21(29)13-11-18/h3-14,20,28,30H,15-16H2,1-2H3. The number of carbonyl (C=O) groups is 2. The smallest absolute Gasteiger partial charge is 0.224 e. The Labute approximate surface area is 197 Å². The van der Waals surface area contributed by atoms with Crippen LogP contribution in [0.2, 0.25) is 0 Å². The van der Waals surface area contributed by atoms with Gasteiger partial charge in [0, 0.05) is 24.6 Å². The molecule has 34 heavy (non-hydrogen) atoms. The third-order valence-electron chi connectivity index (χ3n) is 6.58. The number of hydrogen-bond acceptors (Lipinski definition) is 4. The second-order valence-corrected chi connectivity index (χ2v) is 8.68. The molecule has 0 bridgehead atoms. The zero-order chi connectivity index (χ0) is 23.8. The molecule has 3 aromatic carbocycles. The van der Waals surface area contributed by atoms with Crippen molar-refractivity contribution in [3.8, 4) is 5.75 Å². The minimum Gasteiger partial charge on any atom is -0.497 e. The number of hydrogen-bond donors (Lipinski definition) is 1. The molecule has 0 saturated heterocycles. The van der Waals surface area contributed by atoms with E-state index in [1.807, 2.05) is 48.5 Å². The lowest BCUT2D eigenvalue weighted by Gasteiger charge is -2.34. The molecular formula is C28H25FN2O3. The number of nitrogens with one attached hydrogen (secondary N) is 1. The highest BCUT2D eigenvalue weighted by Crippen LogP contribution is 2.47. The number of allylic oxidation sites excluding steroid dienone is 1. The van der Waals surface area contributed by atoms with E-state index in [-0.39, 0.29) is 23.4 Å². The lowest BCUT2D eigenvalue weighted by molar-refractivity contribution is -0.117. The maximum absolute atomic E-state index is 13.8. The van der Waals surface area contributed by atoms with Crippen LogP contribution in [-0.4, -0.2) is 18.8 Å². The van der Waals surface area contributed by atoms with E-state index in [0.717, 1.165) is 22.7 Å². The summed E-state index contributed by atoms with van der Waals surface area (Å²) in [6.07, 6.45) is 0.916. The first-order valence-electron chi connectivity index (χ1n) is 11.3. The Balaban J connectivity index is 1.68. The second-order valence-electron chi connectivity index (χ2n) is 8.68. The van der Waals surface area contributed by atoms with Gasteiger partial charge in [-0.2, -0.15) is 0 Å². The Kier molecular flexibility index (Phi) is 5.65. The first-order chi connectivity index (χ1) is 16.5. The maximum Gasteiger partial charge on any atom is 0.224 e. The number of methoxy groups -OCH3 is 1. The quantitative estimate of drug-likeness (QED) is 0.545. The number of fused-ring (bicyclic) bond motifs is 1. The summed E-state index contributed by atoms with van der Waals surface area (Å²) < 4.78 is 19.1. The topological polar surface area (TPSA) is 58.6 Å². The molecule has 2 unspecified atom stereocenters. The Hall–Kier alpha value is -3.93. The van der Waals surface area contributed by atoms with Crippen molar-refractivity contribution in [1.29, 1.82) is 0 Å². The van der Waals surface area contributed by atoms with Crippen molar-refractivity contribution in [2.75, 3.05) is 17.3 Å². The molecule has 2 atom stereocenters. The van der Waals surface area contributed by atoms with Crippen LogP contribution < -0.4 is 15.0 Å². The zero-order valence-corrected chi connectivity index (χ0v) is 19.0. The minimum absolute atomic E-state index is 0.0289. The number of halogens is 1. The van der Waals surface area contributed by atoms with Crippen LogP contribution in [0.25, 0.3) is 0 Å². The number of rotatable bonds is 3. The van der Waals surface area contributed by atoms with Crippen molar-refractivity contribution in [2.45, 2.75) is 31.7 Å². The van der Waals surface area contributed by atoms with Gasteiger partial charge in [0.05, 0.1) is 24.5 Å². The Morgan fingerprint density at radius 1 is 1.00 bits per heavy atom. The SMILES string of the molecule is COc1cccc(C2CC(=O)C3=C(C2)Nc2ccccc2N(C(C)=O)C3c2ccc(F)cc2)c1. The summed E-state index contributed by atoms with van der Waals surface area (Å²) in [4.78, 5) is 28.4. The van der Waals surface area contributed by atoms with Gasteiger partial charge in [0.1, 0.15) is 11.6 Å². The number of benzene rings is 3. The summed E-state index contributed by atoms with van der Waals surface area (Å²) in [5.41, 5.74) is 4.50. The highest BCUT2D eigenvalue weighted by atomic mass is 19.1. The van der Waals surface area contributed by atoms with Crippen LogP contribution >= 0.6 is 0 Å². The van der Waals surface area contributed by atoms with E-state index < -0.39 is 6.04 Å². The van der Waals surface area contributed by atoms with Crippen molar-refractivity contribution < 1.29 is 18.7 Å². The third-order valence-corrected chi connectivity index (χ3v) is 6.58. The van der Waals surface area contributed by atoms with Crippen LogP contribution in [0.5, 0.6) is 5.75 Å². The van der Waals surface area contributed by atoms with E-state index in [0.29, 0.717) is 29.7 Å². The van der Waals surface area contributed by atoms with Gasteiger partial charge in [-0.3, -0.25) is 14.5 Å². The first-order valence-corrected chi connectivity index (χ1v) is 11.3. The third kappa shape index (κ3) is 3.85. The van der Waals surface area contributed by atoms with Crippen LogP contribution in [0.1, 0.15) is 42.9 Å². The van der Waals surface area contributed by atoms with Crippen LogP contribution in [-0.2, 0) is 9.59 Å². The van der Waals surface area contributed by atoms with Gasteiger partial charge in [0.15, 0.2) is 5.78 Å². The van der Waals surface area contributed by atoms with Gasteiger partial charge in [0.2, 0.25) is 5.91 Å². The molecule has 0 saturated carbocycles. The molecule has 1 heterocycles. The average Bonchev–Trinajstić information content (AvgIpc) is 2.99. The number of carbonyl (C=O) groups excluding carboxylic acids is 2. The van der Waals surface area contributed by atoms with Gasteiger partial charge in [-0.1, -0.05) is 36.4 Å². The minimum atomic E-state index is -0.650. The second kappa shape index (κ2) is 8.78. The van der Waals surface area contributed by atoms with Gasteiger partial charge in [0.25, 0.3) is 0 Å². The lowest BCUT2D eigenvalue weighted by atomic mass is 9.78. The van der Waals surface area contributed by atoms with Gasteiger partial charge >= 0.3 is 0 Å². The van der Waals surface area contributed by atoms with Gasteiger partial charge in [-0.15, -0.1) is 0 Å². The molecule has 0 radical (unpaired) electrons. The van der Waals surface area contributed by atoms with Crippen LogP contribution in [0.4, 0.5) is 15.8 Å². The molecule has 1 N–H and O–H groups in total. The normalized spacial score (nSPS) is 19.6. The largest absolute Gasteiger partial charge is 0.497 e. The van der Waals surface area contributed by atoms with E-state index in [4.69, 9.17) is 4.74 Å². The van der Waals surface area contributed by atoms with Crippen LogP contribution in [0.3, 0.4) is 0 Å². The number of para-hydroxylation sites is 2. The molecule has 3 aromatic rings. The van der Waals surface area contributed by atoms with Gasteiger partial charge in [-0.05, 0) is 59.9 Å². The fourth-order valence-corrected chi connectivity index (χ4v) is 5.03. The fraction of sp³-hybridized carbons (Fsp3) is 0.214. The number of nitrogens with zero attached hydrogens (tertiary/aromatic N) is 1. The number of anilines is 2. The van der Waals surface area contributed by atoms with E-state index in [1.54, 1.807) is 24.1 Å². The molecule has 0 aromatic heterocycles. The maximum atomic E-state index is 13.8. The van der Waals surface area contributed by atoms with Gasteiger partial charge < -0.3 is 10.1 Å². The molecule has 1 amide bonds. The van der Waals surface area contributed by atoms with Crippen molar-refractivity contribution in [1.82, 2.24) is 0 Å². The summed E-state index contributed by atoms with van der Waals surface area (Å²) in [5, 5.41) is 3.48. The fourth-order valence-electron chi connectivity index (χ4n) is 5.03. The summed E-state index contributed by atoms with van der Waals surface area (Å²) in [6, 6.07) is 20.7. The van der Waals surface area contributed by atoms with E-state index in [9.17, 15) is 14.0 Å². The van der Waals surface area contributed by atoms with E-state index in [1.165, 1.54) is 19.1 Å². The zero-order valence-electron chi connectivity index (χ0n) is 19.0. The number of Topliss-reactive ketones (excluding diaryl/α,β-unsaturated/α-hetero) is 1. The molecule has 172 valence electrons. The molecule has 2 aliphatic rings. The van der Waals surface area contributed by atoms with Crippen molar-refractivity contribution >= 4 is 23.1 Å². The van der Waals surface area contributed by atoms with Crippen molar-refractivity contribution in [3.63, 3.8) is 0 Å². The molecule has 5 rings (SSSR count). The average molecular weight is 457 g/mol. The lowest BCUT2D eigenvalue weighted by Crippen LogP contribution is -2.37. The summed E-state index contributed by atoms with van der Waals surface area (Å²) in [5.74, 6) is 0.122. The number of ketones is 1. The Morgan fingerprint density at radius 2 is 1.76 bits per heavy atom.